The second-order valence-electron chi connectivity index (χ2n) is 2.99. The van der Waals surface area contributed by atoms with Crippen LogP contribution < -0.4 is 5.73 Å². The standard InChI is InChI=1S/C10H14BrNO/c11-9-6-3-5-8(10(9)12)4-1-2-7-13/h3,5-6,13H,1-2,4,7,12H2. The van der Waals surface area contributed by atoms with Crippen LogP contribution in [0.3, 0.4) is 0 Å². The molecule has 0 spiro atoms. The normalized spacial score (nSPS) is 10.3. The third-order valence-corrected chi connectivity index (χ3v) is 2.69. The van der Waals surface area contributed by atoms with E-state index in [1.165, 1.54) is 0 Å². The second kappa shape index (κ2) is 5.25. The van der Waals surface area contributed by atoms with Crippen LogP contribution in [-0.2, 0) is 6.42 Å². The van der Waals surface area contributed by atoms with Crippen molar-refractivity contribution in [3.05, 3.63) is 28.2 Å². The molecule has 1 rings (SSSR count). The highest BCUT2D eigenvalue weighted by molar-refractivity contribution is 9.10. The molecule has 13 heavy (non-hydrogen) atoms. The Hall–Kier alpha value is -0.540. The molecule has 0 heterocycles. The molecule has 0 aliphatic carbocycles. The Morgan fingerprint density at radius 1 is 1.31 bits per heavy atom. The summed E-state index contributed by atoms with van der Waals surface area (Å²) < 4.78 is 0.953. The first-order valence-corrected chi connectivity index (χ1v) is 5.18. The number of hydrogen-bond donors (Lipinski definition) is 2. The number of unbranched alkanes of at least 4 members (excludes halogenated alkanes) is 1. The number of benzene rings is 1. The Bertz CT molecular complexity index is 276. The molecule has 3 heteroatoms. The molecule has 0 amide bonds. The molecule has 0 bridgehead atoms. The highest BCUT2D eigenvalue weighted by Crippen LogP contribution is 2.24. The van der Waals surface area contributed by atoms with Crippen molar-refractivity contribution in [2.45, 2.75) is 19.3 Å². The zero-order chi connectivity index (χ0) is 9.68. The molecule has 1 aromatic rings. The topological polar surface area (TPSA) is 46.2 Å². The number of para-hydroxylation sites is 1. The zero-order valence-electron chi connectivity index (χ0n) is 7.46. The van der Waals surface area contributed by atoms with Crippen molar-refractivity contribution in [1.82, 2.24) is 0 Å². The van der Waals surface area contributed by atoms with Crippen LogP contribution in [0.2, 0.25) is 0 Å². The van der Waals surface area contributed by atoms with E-state index in [1.54, 1.807) is 0 Å². The van der Waals surface area contributed by atoms with Crippen LogP contribution in [0.4, 0.5) is 5.69 Å². The molecule has 0 saturated heterocycles. The summed E-state index contributed by atoms with van der Waals surface area (Å²) in [5.41, 5.74) is 7.83. The molecule has 0 saturated carbocycles. The van der Waals surface area contributed by atoms with Crippen molar-refractivity contribution in [1.29, 1.82) is 0 Å². The average molecular weight is 244 g/mol. The molecular weight excluding hydrogens is 230 g/mol. The maximum Gasteiger partial charge on any atom is 0.0491 e. The van der Waals surface area contributed by atoms with Crippen LogP contribution in [0.1, 0.15) is 18.4 Å². The van der Waals surface area contributed by atoms with Crippen molar-refractivity contribution in [2.75, 3.05) is 12.3 Å². The first-order valence-electron chi connectivity index (χ1n) is 4.39. The SMILES string of the molecule is Nc1c(Br)cccc1CCCCO. The summed E-state index contributed by atoms with van der Waals surface area (Å²) in [6.45, 7) is 0.258. The molecule has 72 valence electrons. The fraction of sp³-hybridized carbons (Fsp3) is 0.400. The van der Waals surface area contributed by atoms with E-state index in [9.17, 15) is 0 Å². The Balaban J connectivity index is 2.61. The molecule has 0 unspecified atom stereocenters. The number of rotatable bonds is 4. The van der Waals surface area contributed by atoms with E-state index in [1.807, 2.05) is 18.2 Å². The Morgan fingerprint density at radius 3 is 2.77 bits per heavy atom. The van der Waals surface area contributed by atoms with Gasteiger partial charge in [0.1, 0.15) is 0 Å². The Morgan fingerprint density at radius 2 is 2.08 bits per heavy atom. The van der Waals surface area contributed by atoms with E-state index in [-0.39, 0.29) is 6.61 Å². The van der Waals surface area contributed by atoms with E-state index in [0.29, 0.717) is 0 Å². The van der Waals surface area contributed by atoms with Crippen molar-refractivity contribution in [2.24, 2.45) is 0 Å². The van der Waals surface area contributed by atoms with E-state index < -0.39 is 0 Å². The summed E-state index contributed by atoms with van der Waals surface area (Å²) in [5, 5.41) is 8.63. The fourth-order valence-electron chi connectivity index (χ4n) is 1.23. The average Bonchev–Trinajstić information content (AvgIpc) is 2.13. The predicted octanol–water partition coefficient (Wildman–Crippen LogP) is 2.35. The van der Waals surface area contributed by atoms with E-state index in [2.05, 4.69) is 15.9 Å². The molecule has 1 aromatic carbocycles. The van der Waals surface area contributed by atoms with Gasteiger partial charge in [-0.1, -0.05) is 12.1 Å². The molecule has 0 atom stereocenters. The fourth-order valence-corrected chi connectivity index (χ4v) is 1.63. The van der Waals surface area contributed by atoms with E-state index in [4.69, 9.17) is 10.8 Å². The summed E-state index contributed by atoms with van der Waals surface area (Å²) in [6, 6.07) is 5.94. The van der Waals surface area contributed by atoms with Gasteiger partial charge in [0.15, 0.2) is 0 Å². The van der Waals surface area contributed by atoms with Gasteiger partial charge in [0.2, 0.25) is 0 Å². The van der Waals surface area contributed by atoms with Crippen LogP contribution in [-0.4, -0.2) is 11.7 Å². The molecular formula is C10H14BrNO. The minimum absolute atomic E-state index is 0.258. The second-order valence-corrected chi connectivity index (χ2v) is 3.85. The minimum atomic E-state index is 0.258. The zero-order valence-corrected chi connectivity index (χ0v) is 9.05. The van der Waals surface area contributed by atoms with Crippen LogP contribution in [0, 0.1) is 0 Å². The van der Waals surface area contributed by atoms with Crippen LogP contribution in [0.25, 0.3) is 0 Å². The van der Waals surface area contributed by atoms with Gasteiger partial charge in [0, 0.05) is 16.8 Å². The summed E-state index contributed by atoms with van der Waals surface area (Å²) >= 11 is 3.38. The minimum Gasteiger partial charge on any atom is -0.398 e. The first kappa shape index (κ1) is 10.5. The van der Waals surface area contributed by atoms with Gasteiger partial charge in [-0.25, -0.2) is 0 Å². The lowest BCUT2D eigenvalue weighted by Crippen LogP contribution is -1.96. The largest absolute Gasteiger partial charge is 0.398 e. The Labute approximate surface area is 86.9 Å². The monoisotopic (exact) mass is 243 g/mol. The number of aliphatic hydroxyl groups is 1. The number of aliphatic hydroxyl groups excluding tert-OH is 1. The molecule has 0 aromatic heterocycles. The molecule has 0 aliphatic rings. The third-order valence-electron chi connectivity index (χ3n) is 2.00. The number of hydrogen-bond acceptors (Lipinski definition) is 2. The highest BCUT2D eigenvalue weighted by Gasteiger charge is 2.01. The van der Waals surface area contributed by atoms with Gasteiger partial charge in [0.25, 0.3) is 0 Å². The van der Waals surface area contributed by atoms with Crippen LogP contribution >= 0.6 is 15.9 Å². The van der Waals surface area contributed by atoms with Gasteiger partial charge >= 0.3 is 0 Å². The van der Waals surface area contributed by atoms with Gasteiger partial charge in [-0.05, 0) is 46.8 Å². The quantitative estimate of drug-likeness (QED) is 0.630. The summed E-state index contributed by atoms with van der Waals surface area (Å²) in [4.78, 5) is 0. The molecule has 0 fully saturated rings. The predicted molar refractivity (Wildman–Crippen MR) is 58.6 cm³/mol. The van der Waals surface area contributed by atoms with Gasteiger partial charge in [-0.3, -0.25) is 0 Å². The number of nitrogens with two attached hydrogens (primary N) is 1. The maximum atomic E-state index is 8.63. The molecule has 0 aliphatic heterocycles. The van der Waals surface area contributed by atoms with Crippen molar-refractivity contribution < 1.29 is 5.11 Å². The number of aryl methyl sites for hydroxylation is 1. The smallest absolute Gasteiger partial charge is 0.0491 e. The molecule has 2 nitrogen and oxygen atoms in total. The van der Waals surface area contributed by atoms with Gasteiger partial charge in [-0.2, -0.15) is 0 Å². The van der Waals surface area contributed by atoms with E-state index >= 15 is 0 Å². The van der Waals surface area contributed by atoms with Crippen molar-refractivity contribution >= 4 is 21.6 Å². The first-order chi connectivity index (χ1) is 6.25. The Kier molecular flexibility index (Phi) is 4.25. The molecule has 0 radical (unpaired) electrons. The van der Waals surface area contributed by atoms with Gasteiger partial charge in [0.05, 0.1) is 0 Å². The van der Waals surface area contributed by atoms with Crippen LogP contribution in [0.5, 0.6) is 0 Å². The van der Waals surface area contributed by atoms with Crippen molar-refractivity contribution in [3.8, 4) is 0 Å². The lowest BCUT2D eigenvalue weighted by Gasteiger charge is -2.06. The lowest BCUT2D eigenvalue weighted by molar-refractivity contribution is 0.284. The van der Waals surface area contributed by atoms with Gasteiger partial charge < -0.3 is 10.8 Å². The summed E-state index contributed by atoms with van der Waals surface area (Å²) in [7, 11) is 0. The number of nitrogen functional groups attached to an aromatic ring is 1. The molecule has 3 N–H and O–H groups in total. The summed E-state index contributed by atoms with van der Waals surface area (Å²) in [6.07, 6.45) is 2.76. The van der Waals surface area contributed by atoms with Crippen LogP contribution in [0.15, 0.2) is 22.7 Å². The van der Waals surface area contributed by atoms with Crippen molar-refractivity contribution in [3.63, 3.8) is 0 Å². The number of anilines is 1. The van der Waals surface area contributed by atoms with E-state index in [0.717, 1.165) is 35.0 Å². The lowest BCUT2D eigenvalue weighted by atomic mass is 10.1. The maximum absolute atomic E-state index is 8.63. The number of halogens is 1. The highest BCUT2D eigenvalue weighted by atomic mass is 79.9. The summed E-state index contributed by atoms with van der Waals surface area (Å²) in [5.74, 6) is 0. The third kappa shape index (κ3) is 3.01. The van der Waals surface area contributed by atoms with Gasteiger partial charge in [-0.15, -0.1) is 0 Å².